The van der Waals surface area contributed by atoms with Gasteiger partial charge in [0.25, 0.3) is 0 Å². The molecule has 1 fully saturated rings. The van der Waals surface area contributed by atoms with Crippen LogP contribution in [-0.2, 0) is 17.9 Å². The van der Waals surface area contributed by atoms with Crippen LogP contribution in [0.1, 0.15) is 37.6 Å². The van der Waals surface area contributed by atoms with Gasteiger partial charge in [-0.2, -0.15) is 0 Å². The summed E-state index contributed by atoms with van der Waals surface area (Å²) < 4.78 is 2.07. The van der Waals surface area contributed by atoms with Crippen LogP contribution in [0.15, 0.2) is 36.7 Å². The number of imidazole rings is 1. The van der Waals surface area contributed by atoms with Gasteiger partial charge < -0.3 is 9.47 Å². The van der Waals surface area contributed by atoms with Crippen molar-refractivity contribution in [2.75, 3.05) is 6.54 Å². The van der Waals surface area contributed by atoms with Gasteiger partial charge in [-0.15, -0.1) is 0 Å². The molecule has 0 N–H and O–H groups in total. The minimum absolute atomic E-state index is 0.224. The Morgan fingerprint density at radius 3 is 2.83 bits per heavy atom. The van der Waals surface area contributed by atoms with E-state index in [0.717, 1.165) is 29.3 Å². The Hall–Kier alpha value is -1.81. The monoisotopic (exact) mass is 331 g/mol. The van der Waals surface area contributed by atoms with E-state index in [1.807, 2.05) is 42.3 Å². The van der Waals surface area contributed by atoms with E-state index in [1.54, 1.807) is 6.20 Å². The summed E-state index contributed by atoms with van der Waals surface area (Å²) in [5, 5.41) is 0.755. The molecule has 0 radical (unpaired) electrons. The van der Waals surface area contributed by atoms with Crippen LogP contribution in [0, 0.1) is 5.92 Å². The topological polar surface area (TPSA) is 38.1 Å². The fourth-order valence-corrected chi connectivity index (χ4v) is 3.07. The zero-order valence-electron chi connectivity index (χ0n) is 13.4. The van der Waals surface area contributed by atoms with Gasteiger partial charge in [0, 0.05) is 29.9 Å². The first kappa shape index (κ1) is 16.1. The maximum Gasteiger partial charge on any atom is 0.226 e. The number of nitrogens with zero attached hydrogens (tertiary/aromatic N) is 3. The van der Waals surface area contributed by atoms with Crippen molar-refractivity contribution in [3.8, 4) is 0 Å². The Balaban J connectivity index is 1.72. The van der Waals surface area contributed by atoms with Crippen LogP contribution in [0.4, 0.5) is 0 Å². The van der Waals surface area contributed by atoms with Crippen molar-refractivity contribution in [2.45, 2.75) is 39.3 Å². The number of hydrogen-bond acceptors (Lipinski definition) is 2. The van der Waals surface area contributed by atoms with Crippen LogP contribution in [0.25, 0.3) is 0 Å². The van der Waals surface area contributed by atoms with E-state index in [4.69, 9.17) is 11.6 Å². The van der Waals surface area contributed by atoms with Crippen molar-refractivity contribution in [2.24, 2.45) is 5.92 Å². The lowest BCUT2D eigenvalue weighted by atomic mass is 9.84. The molecule has 0 bridgehead atoms. The van der Waals surface area contributed by atoms with E-state index < -0.39 is 0 Å². The predicted molar refractivity (Wildman–Crippen MR) is 91.2 cm³/mol. The van der Waals surface area contributed by atoms with E-state index in [9.17, 15) is 4.79 Å². The van der Waals surface area contributed by atoms with Crippen LogP contribution in [0.5, 0.6) is 0 Å². The van der Waals surface area contributed by atoms with Crippen LogP contribution in [0.3, 0.4) is 0 Å². The van der Waals surface area contributed by atoms with Crippen molar-refractivity contribution in [1.29, 1.82) is 0 Å². The lowest BCUT2D eigenvalue weighted by molar-refractivity contribution is -0.138. The molecule has 3 rings (SSSR count). The van der Waals surface area contributed by atoms with Crippen LogP contribution < -0.4 is 0 Å². The fourth-order valence-electron chi connectivity index (χ4n) is 2.88. The van der Waals surface area contributed by atoms with E-state index in [0.29, 0.717) is 19.6 Å². The Bertz CT molecular complexity index is 678. The maximum atomic E-state index is 12.5. The number of carbonyl (C=O) groups is 1. The van der Waals surface area contributed by atoms with Gasteiger partial charge in [0.15, 0.2) is 0 Å². The molecule has 1 saturated carbocycles. The number of carbonyl (C=O) groups excluding carboxylic acids is 1. The van der Waals surface area contributed by atoms with Gasteiger partial charge in [-0.1, -0.05) is 36.2 Å². The SMILES string of the molecule is CCN(Cc1nccn1Cc1ccccc1Cl)C(=O)C1CCC1. The minimum Gasteiger partial charge on any atom is -0.335 e. The average molecular weight is 332 g/mol. The molecular formula is C18H22ClN3O. The normalized spacial score (nSPS) is 14.5. The number of halogens is 1. The summed E-state index contributed by atoms with van der Waals surface area (Å²) in [6.07, 6.45) is 6.97. The number of benzene rings is 1. The first-order chi connectivity index (χ1) is 11.2. The zero-order chi connectivity index (χ0) is 16.2. The summed E-state index contributed by atoms with van der Waals surface area (Å²) in [5.41, 5.74) is 1.06. The molecule has 23 heavy (non-hydrogen) atoms. The quantitative estimate of drug-likeness (QED) is 0.808. The van der Waals surface area contributed by atoms with Crippen molar-refractivity contribution in [1.82, 2.24) is 14.5 Å². The lowest BCUT2D eigenvalue weighted by Gasteiger charge is -2.31. The summed E-state index contributed by atoms with van der Waals surface area (Å²) in [6, 6.07) is 7.82. The predicted octanol–water partition coefficient (Wildman–Crippen LogP) is 3.73. The molecule has 5 heteroatoms. The molecule has 0 aliphatic heterocycles. The first-order valence-electron chi connectivity index (χ1n) is 8.21. The molecule has 0 unspecified atom stereocenters. The van der Waals surface area contributed by atoms with E-state index in [-0.39, 0.29) is 11.8 Å². The third kappa shape index (κ3) is 3.58. The first-order valence-corrected chi connectivity index (χ1v) is 8.59. The van der Waals surface area contributed by atoms with E-state index in [2.05, 4.69) is 9.55 Å². The van der Waals surface area contributed by atoms with Crippen LogP contribution >= 0.6 is 11.6 Å². The molecule has 1 aromatic heterocycles. The number of hydrogen-bond donors (Lipinski definition) is 0. The van der Waals surface area contributed by atoms with Crippen molar-refractivity contribution < 1.29 is 4.79 Å². The molecule has 0 saturated heterocycles. The largest absolute Gasteiger partial charge is 0.335 e. The lowest BCUT2D eigenvalue weighted by Crippen LogP contribution is -2.38. The Labute approximate surface area is 142 Å². The van der Waals surface area contributed by atoms with E-state index >= 15 is 0 Å². The van der Waals surface area contributed by atoms with Gasteiger partial charge >= 0.3 is 0 Å². The van der Waals surface area contributed by atoms with E-state index in [1.165, 1.54) is 6.42 Å². The van der Waals surface area contributed by atoms with Gasteiger partial charge in [-0.05, 0) is 31.4 Å². The second kappa shape index (κ2) is 7.18. The van der Waals surface area contributed by atoms with Crippen LogP contribution in [-0.4, -0.2) is 26.9 Å². The second-order valence-corrected chi connectivity index (χ2v) is 6.45. The van der Waals surface area contributed by atoms with Gasteiger partial charge in [-0.25, -0.2) is 4.98 Å². The third-order valence-electron chi connectivity index (χ3n) is 4.58. The third-order valence-corrected chi connectivity index (χ3v) is 4.95. The summed E-state index contributed by atoms with van der Waals surface area (Å²) in [6.45, 7) is 3.97. The summed E-state index contributed by atoms with van der Waals surface area (Å²) in [4.78, 5) is 18.8. The Kier molecular flexibility index (Phi) is 5.01. The molecule has 1 amide bonds. The highest BCUT2D eigenvalue weighted by Gasteiger charge is 2.29. The van der Waals surface area contributed by atoms with Gasteiger partial charge in [0.1, 0.15) is 5.82 Å². The molecule has 0 atom stereocenters. The summed E-state index contributed by atoms with van der Waals surface area (Å²) in [5.74, 6) is 1.40. The average Bonchev–Trinajstić information content (AvgIpc) is 2.92. The molecule has 122 valence electrons. The van der Waals surface area contributed by atoms with Crippen LogP contribution in [0.2, 0.25) is 5.02 Å². The highest BCUT2D eigenvalue weighted by molar-refractivity contribution is 6.31. The molecular weight excluding hydrogens is 310 g/mol. The molecule has 1 aliphatic carbocycles. The van der Waals surface area contributed by atoms with Crippen molar-refractivity contribution in [3.05, 3.63) is 53.1 Å². The fraction of sp³-hybridized carbons (Fsp3) is 0.444. The molecule has 4 nitrogen and oxygen atoms in total. The highest BCUT2D eigenvalue weighted by Crippen LogP contribution is 2.28. The summed E-state index contributed by atoms with van der Waals surface area (Å²) in [7, 11) is 0. The van der Waals surface area contributed by atoms with Gasteiger partial charge in [0.2, 0.25) is 5.91 Å². The van der Waals surface area contributed by atoms with Crippen molar-refractivity contribution >= 4 is 17.5 Å². The molecule has 1 aliphatic rings. The number of amides is 1. The van der Waals surface area contributed by atoms with Gasteiger partial charge in [-0.3, -0.25) is 4.79 Å². The van der Waals surface area contributed by atoms with Gasteiger partial charge in [0.05, 0.1) is 13.1 Å². The molecule has 0 spiro atoms. The Morgan fingerprint density at radius 1 is 1.39 bits per heavy atom. The standard InChI is InChI=1S/C18H22ClN3O/c1-2-21(18(23)14-7-5-8-14)13-17-20-10-11-22(17)12-15-6-3-4-9-16(15)19/h3-4,6,9-11,14H,2,5,7-8,12-13H2,1H3. The molecule has 2 aromatic rings. The smallest absolute Gasteiger partial charge is 0.226 e. The maximum absolute atomic E-state index is 12.5. The molecule has 1 aromatic carbocycles. The zero-order valence-corrected chi connectivity index (χ0v) is 14.2. The highest BCUT2D eigenvalue weighted by atomic mass is 35.5. The number of rotatable bonds is 6. The molecule has 1 heterocycles. The minimum atomic E-state index is 0.224. The number of aromatic nitrogens is 2. The Morgan fingerprint density at radius 2 is 2.17 bits per heavy atom. The summed E-state index contributed by atoms with van der Waals surface area (Å²) >= 11 is 6.25. The second-order valence-electron chi connectivity index (χ2n) is 6.04. The van der Waals surface area contributed by atoms with Crippen molar-refractivity contribution in [3.63, 3.8) is 0 Å².